The summed E-state index contributed by atoms with van der Waals surface area (Å²) in [6, 6.07) is 0. The zero-order valence-corrected chi connectivity index (χ0v) is 5.91. The fraction of sp³-hybridized carbons (Fsp3) is 0.429. The van der Waals surface area contributed by atoms with Crippen molar-refractivity contribution in [2.75, 3.05) is 13.2 Å². The first-order valence-electron chi connectivity index (χ1n) is 3.30. The summed E-state index contributed by atoms with van der Waals surface area (Å²) in [5.74, 6) is -0.993. The molecule has 4 nitrogen and oxygen atoms in total. The molecular weight excluding hydrogens is 148 g/mol. The predicted molar refractivity (Wildman–Crippen MR) is 35.7 cm³/mol. The molecule has 0 atom stereocenters. The highest BCUT2D eigenvalue weighted by atomic mass is 16.5. The van der Waals surface area contributed by atoms with E-state index in [4.69, 9.17) is 0 Å². The second-order valence-electron chi connectivity index (χ2n) is 2.02. The van der Waals surface area contributed by atoms with Gasteiger partial charge in [-0.2, -0.15) is 0 Å². The highest BCUT2D eigenvalue weighted by Crippen LogP contribution is 1.93. The van der Waals surface area contributed by atoms with Crippen LogP contribution >= 0.6 is 0 Å². The molecule has 0 N–H and O–H groups in total. The molecular formula is C7H8O4. The number of esters is 2. The van der Waals surface area contributed by atoms with Gasteiger partial charge in [0, 0.05) is 18.6 Å². The Balaban J connectivity index is 2.53. The summed E-state index contributed by atoms with van der Waals surface area (Å²) in [5.41, 5.74) is 0. The van der Waals surface area contributed by atoms with Crippen LogP contribution in [-0.4, -0.2) is 25.2 Å². The lowest BCUT2D eigenvalue weighted by molar-refractivity contribution is -0.138. The van der Waals surface area contributed by atoms with E-state index in [-0.39, 0.29) is 0 Å². The average Bonchev–Trinajstić information content (AvgIpc) is 2.06. The molecule has 0 aromatic carbocycles. The van der Waals surface area contributed by atoms with Gasteiger partial charge < -0.3 is 9.47 Å². The fourth-order valence-corrected chi connectivity index (χ4v) is 0.637. The molecule has 0 saturated carbocycles. The van der Waals surface area contributed by atoms with Crippen LogP contribution in [0.15, 0.2) is 12.2 Å². The van der Waals surface area contributed by atoms with Gasteiger partial charge in [-0.3, -0.25) is 0 Å². The maximum Gasteiger partial charge on any atom is 0.331 e. The van der Waals surface area contributed by atoms with Gasteiger partial charge in [0.1, 0.15) is 0 Å². The van der Waals surface area contributed by atoms with Crippen molar-refractivity contribution < 1.29 is 19.1 Å². The smallest absolute Gasteiger partial charge is 0.331 e. The van der Waals surface area contributed by atoms with Crippen molar-refractivity contribution in [3.63, 3.8) is 0 Å². The van der Waals surface area contributed by atoms with Gasteiger partial charge >= 0.3 is 11.9 Å². The van der Waals surface area contributed by atoms with E-state index >= 15 is 0 Å². The van der Waals surface area contributed by atoms with E-state index in [1.165, 1.54) is 0 Å². The summed E-state index contributed by atoms with van der Waals surface area (Å²) in [6.45, 7) is 0.604. The van der Waals surface area contributed by atoms with Crippen LogP contribution in [0.4, 0.5) is 0 Å². The zero-order valence-electron chi connectivity index (χ0n) is 5.91. The van der Waals surface area contributed by atoms with E-state index in [9.17, 15) is 9.59 Å². The van der Waals surface area contributed by atoms with E-state index in [0.717, 1.165) is 12.2 Å². The predicted octanol–water partition coefficient (Wildman–Crippen LogP) is 0.0327. The largest absolute Gasteiger partial charge is 0.462 e. The first-order chi connectivity index (χ1) is 5.29. The molecule has 1 aliphatic rings. The number of hydrogen-bond donors (Lipinski definition) is 0. The summed E-state index contributed by atoms with van der Waals surface area (Å²) in [6.07, 6.45) is 2.68. The molecule has 0 radical (unpaired) electrons. The van der Waals surface area contributed by atoms with Crippen LogP contribution in [0.5, 0.6) is 0 Å². The third-order valence-electron chi connectivity index (χ3n) is 1.13. The Labute approximate surface area is 63.8 Å². The topological polar surface area (TPSA) is 52.6 Å². The lowest BCUT2D eigenvalue weighted by Gasteiger charge is -1.99. The van der Waals surface area contributed by atoms with Crippen molar-refractivity contribution in [2.24, 2.45) is 0 Å². The van der Waals surface area contributed by atoms with Crippen LogP contribution in [-0.2, 0) is 19.1 Å². The van der Waals surface area contributed by atoms with Gasteiger partial charge in [0.15, 0.2) is 0 Å². The third kappa shape index (κ3) is 2.84. The van der Waals surface area contributed by atoms with E-state index < -0.39 is 11.9 Å². The van der Waals surface area contributed by atoms with Gasteiger partial charge in [-0.05, 0) is 0 Å². The highest BCUT2D eigenvalue weighted by molar-refractivity contribution is 5.91. The van der Waals surface area contributed by atoms with Crippen molar-refractivity contribution in [1.82, 2.24) is 0 Å². The standard InChI is InChI=1S/C7H8O4/c8-6-2-3-7(9)11-5-1-4-10-6/h2-3H,1,4-5H2. The number of hydrogen-bond acceptors (Lipinski definition) is 4. The Bertz CT molecular complexity index is 175. The molecule has 11 heavy (non-hydrogen) atoms. The minimum absolute atomic E-state index is 0.302. The SMILES string of the molecule is O=C1C=CC(=O)OCCCO1. The molecule has 0 aromatic rings. The van der Waals surface area contributed by atoms with E-state index in [1.54, 1.807) is 0 Å². The number of carbonyl (C=O) groups is 2. The molecule has 0 saturated heterocycles. The van der Waals surface area contributed by atoms with Gasteiger partial charge in [0.05, 0.1) is 13.2 Å². The maximum atomic E-state index is 10.6. The summed E-state index contributed by atoms with van der Waals surface area (Å²) in [4.78, 5) is 21.2. The van der Waals surface area contributed by atoms with Gasteiger partial charge in [0.2, 0.25) is 0 Å². The van der Waals surface area contributed by atoms with E-state index in [1.807, 2.05) is 0 Å². The minimum Gasteiger partial charge on any atom is -0.462 e. The first-order valence-corrected chi connectivity index (χ1v) is 3.30. The highest BCUT2D eigenvalue weighted by Gasteiger charge is 2.03. The molecule has 1 rings (SSSR count). The fourth-order valence-electron chi connectivity index (χ4n) is 0.637. The van der Waals surface area contributed by atoms with E-state index in [2.05, 4.69) is 9.47 Å². The molecule has 0 amide bonds. The Kier molecular flexibility index (Phi) is 2.66. The van der Waals surface area contributed by atoms with Crippen molar-refractivity contribution in [3.05, 3.63) is 12.2 Å². The molecule has 0 bridgehead atoms. The van der Waals surface area contributed by atoms with Gasteiger partial charge in [-0.15, -0.1) is 0 Å². The Hall–Kier alpha value is -1.32. The monoisotopic (exact) mass is 156 g/mol. The summed E-state index contributed by atoms with van der Waals surface area (Å²) in [7, 11) is 0. The van der Waals surface area contributed by atoms with Gasteiger partial charge in [-0.1, -0.05) is 0 Å². The van der Waals surface area contributed by atoms with Crippen LogP contribution in [0.1, 0.15) is 6.42 Å². The maximum absolute atomic E-state index is 10.6. The van der Waals surface area contributed by atoms with E-state index in [0.29, 0.717) is 19.6 Å². The molecule has 4 heteroatoms. The third-order valence-corrected chi connectivity index (χ3v) is 1.13. The Morgan fingerprint density at radius 3 is 1.91 bits per heavy atom. The molecule has 1 heterocycles. The van der Waals surface area contributed by atoms with Crippen LogP contribution in [0.2, 0.25) is 0 Å². The first kappa shape index (κ1) is 7.78. The minimum atomic E-state index is -0.496. The van der Waals surface area contributed by atoms with Crippen molar-refractivity contribution in [2.45, 2.75) is 6.42 Å². The Morgan fingerprint density at radius 2 is 1.45 bits per heavy atom. The normalized spacial score (nSPS) is 19.3. The Morgan fingerprint density at radius 1 is 1.00 bits per heavy atom. The van der Waals surface area contributed by atoms with Gasteiger partial charge in [0.25, 0.3) is 0 Å². The van der Waals surface area contributed by atoms with Crippen molar-refractivity contribution >= 4 is 11.9 Å². The zero-order chi connectivity index (χ0) is 8.10. The molecule has 0 spiro atoms. The van der Waals surface area contributed by atoms with Crippen molar-refractivity contribution in [3.8, 4) is 0 Å². The second-order valence-corrected chi connectivity index (χ2v) is 2.02. The molecule has 0 unspecified atom stereocenters. The van der Waals surface area contributed by atoms with Crippen LogP contribution in [0.3, 0.4) is 0 Å². The molecule has 1 aliphatic heterocycles. The lowest BCUT2D eigenvalue weighted by atomic mass is 10.5. The van der Waals surface area contributed by atoms with Crippen LogP contribution in [0, 0.1) is 0 Å². The number of rotatable bonds is 0. The summed E-state index contributed by atoms with van der Waals surface area (Å²) >= 11 is 0. The average molecular weight is 156 g/mol. The van der Waals surface area contributed by atoms with Crippen LogP contribution < -0.4 is 0 Å². The van der Waals surface area contributed by atoms with Gasteiger partial charge in [-0.25, -0.2) is 9.59 Å². The van der Waals surface area contributed by atoms with Crippen LogP contribution in [0.25, 0.3) is 0 Å². The summed E-state index contributed by atoms with van der Waals surface area (Å²) in [5, 5.41) is 0. The molecule has 0 aliphatic carbocycles. The quantitative estimate of drug-likeness (QED) is 0.464. The summed E-state index contributed by atoms with van der Waals surface area (Å²) < 4.78 is 9.31. The lowest BCUT2D eigenvalue weighted by Crippen LogP contribution is -2.03. The molecule has 0 aromatic heterocycles. The second kappa shape index (κ2) is 3.75. The molecule has 60 valence electrons. The van der Waals surface area contributed by atoms with Crippen molar-refractivity contribution in [1.29, 1.82) is 0 Å². The number of ether oxygens (including phenoxy) is 2. The number of carbonyl (C=O) groups excluding carboxylic acids is 2. The number of cyclic esters (lactones) is 2. The molecule has 0 fully saturated rings.